The summed E-state index contributed by atoms with van der Waals surface area (Å²) in [6, 6.07) is 20.6. The van der Waals surface area contributed by atoms with Crippen molar-refractivity contribution in [3.8, 4) is 17.2 Å². The van der Waals surface area contributed by atoms with Gasteiger partial charge < -0.3 is 14.2 Å². The van der Waals surface area contributed by atoms with Crippen molar-refractivity contribution in [1.29, 1.82) is 0 Å². The Morgan fingerprint density at radius 1 is 1.05 bits per heavy atom. The number of allylic oxidation sites excluding steroid dienone is 1. The number of aromatic nitrogens is 1. The van der Waals surface area contributed by atoms with Gasteiger partial charge >= 0.3 is 0 Å². The van der Waals surface area contributed by atoms with Gasteiger partial charge in [-0.05, 0) is 60.9 Å². The van der Waals surface area contributed by atoms with Crippen molar-refractivity contribution in [2.24, 2.45) is 5.10 Å². The van der Waals surface area contributed by atoms with Gasteiger partial charge in [-0.1, -0.05) is 48.0 Å². The minimum absolute atomic E-state index is 0.198. The van der Waals surface area contributed by atoms with E-state index in [2.05, 4.69) is 22.1 Å². The molecule has 1 aromatic heterocycles. The van der Waals surface area contributed by atoms with Gasteiger partial charge in [0.1, 0.15) is 17.9 Å². The minimum Gasteiger partial charge on any atom is -0.490 e. The third kappa shape index (κ3) is 7.11. The van der Waals surface area contributed by atoms with Gasteiger partial charge in [-0.15, -0.1) is 6.58 Å². The van der Waals surface area contributed by atoms with Crippen LogP contribution in [0.15, 0.2) is 90.7 Å². The van der Waals surface area contributed by atoms with Crippen molar-refractivity contribution >= 4 is 34.6 Å². The van der Waals surface area contributed by atoms with Gasteiger partial charge in [-0.2, -0.15) is 5.10 Å². The second-order valence-corrected chi connectivity index (χ2v) is 8.70. The van der Waals surface area contributed by atoms with Crippen LogP contribution in [0.1, 0.15) is 23.6 Å². The zero-order valence-corrected chi connectivity index (χ0v) is 21.8. The number of nitrogens with one attached hydrogen (secondary N) is 1. The monoisotopic (exact) mass is 529 g/mol. The first-order valence-electron chi connectivity index (χ1n) is 12.1. The van der Waals surface area contributed by atoms with Gasteiger partial charge in [0.05, 0.1) is 12.8 Å². The molecule has 8 heteroatoms. The molecule has 0 aliphatic heterocycles. The lowest BCUT2D eigenvalue weighted by atomic mass is 10.1. The number of carbonyl (C=O) groups is 1. The SMILES string of the molecule is C=CCc1cc(/C=N/NC(=O)COc2cccc3cccnc23)cc(OCC)c1OCc1ccc(Cl)cc1. The van der Waals surface area contributed by atoms with E-state index in [1.54, 1.807) is 24.6 Å². The molecule has 0 unspecified atom stereocenters. The van der Waals surface area contributed by atoms with E-state index in [0.717, 1.165) is 22.1 Å². The number of carbonyl (C=O) groups excluding carboxylic acids is 1. The van der Waals surface area contributed by atoms with Crippen LogP contribution < -0.4 is 19.6 Å². The summed E-state index contributed by atoms with van der Waals surface area (Å²) in [5.41, 5.74) is 5.81. The quantitative estimate of drug-likeness (QED) is 0.136. The Morgan fingerprint density at radius 3 is 2.66 bits per heavy atom. The van der Waals surface area contributed by atoms with E-state index in [9.17, 15) is 4.79 Å². The van der Waals surface area contributed by atoms with Gasteiger partial charge in [-0.3, -0.25) is 9.78 Å². The Morgan fingerprint density at radius 2 is 1.87 bits per heavy atom. The number of hydrogen-bond acceptors (Lipinski definition) is 6. The first-order valence-corrected chi connectivity index (χ1v) is 12.5. The number of halogens is 1. The number of hydrazone groups is 1. The van der Waals surface area contributed by atoms with Crippen LogP contribution in [0, 0.1) is 0 Å². The first-order chi connectivity index (χ1) is 18.6. The highest BCUT2D eigenvalue weighted by Gasteiger charge is 2.14. The Kier molecular flexibility index (Phi) is 9.32. The van der Waals surface area contributed by atoms with Crippen LogP contribution in [0.25, 0.3) is 10.9 Å². The van der Waals surface area contributed by atoms with E-state index >= 15 is 0 Å². The topological polar surface area (TPSA) is 82.0 Å². The highest BCUT2D eigenvalue weighted by molar-refractivity contribution is 6.30. The summed E-state index contributed by atoms with van der Waals surface area (Å²) in [6.07, 6.45) is 5.60. The number of hydrogen-bond donors (Lipinski definition) is 1. The highest BCUT2D eigenvalue weighted by Crippen LogP contribution is 2.34. The summed E-state index contributed by atoms with van der Waals surface area (Å²) < 4.78 is 17.7. The largest absolute Gasteiger partial charge is 0.490 e. The van der Waals surface area contributed by atoms with Gasteiger partial charge in [0.2, 0.25) is 0 Å². The number of para-hydroxylation sites is 1. The lowest BCUT2D eigenvalue weighted by Gasteiger charge is -2.17. The Balaban J connectivity index is 1.43. The van der Waals surface area contributed by atoms with Crippen LogP contribution in [0.2, 0.25) is 5.02 Å². The maximum Gasteiger partial charge on any atom is 0.277 e. The Bertz CT molecular complexity index is 1430. The molecule has 4 aromatic rings. The third-order valence-electron chi connectivity index (χ3n) is 5.47. The molecule has 3 aromatic carbocycles. The van der Waals surface area contributed by atoms with Crippen LogP contribution in [-0.2, 0) is 17.8 Å². The minimum atomic E-state index is -0.395. The van der Waals surface area contributed by atoms with E-state index in [1.165, 1.54) is 0 Å². The fourth-order valence-corrected chi connectivity index (χ4v) is 3.90. The molecule has 38 heavy (non-hydrogen) atoms. The lowest BCUT2D eigenvalue weighted by Crippen LogP contribution is -2.24. The van der Waals surface area contributed by atoms with Crippen LogP contribution in [-0.4, -0.2) is 30.3 Å². The zero-order chi connectivity index (χ0) is 26.7. The molecule has 0 aliphatic carbocycles. The summed E-state index contributed by atoms with van der Waals surface area (Å²) in [5, 5.41) is 5.70. The van der Waals surface area contributed by atoms with Crippen molar-refractivity contribution in [2.75, 3.05) is 13.2 Å². The molecule has 7 nitrogen and oxygen atoms in total. The lowest BCUT2D eigenvalue weighted by molar-refractivity contribution is -0.123. The molecular weight excluding hydrogens is 502 g/mol. The number of rotatable bonds is 12. The average Bonchev–Trinajstić information content (AvgIpc) is 2.93. The summed E-state index contributed by atoms with van der Waals surface area (Å²) >= 11 is 5.99. The smallest absolute Gasteiger partial charge is 0.277 e. The van der Waals surface area contributed by atoms with E-state index in [-0.39, 0.29) is 6.61 Å². The summed E-state index contributed by atoms with van der Waals surface area (Å²) in [6.45, 7) is 6.39. The van der Waals surface area contributed by atoms with Gasteiger partial charge in [0.15, 0.2) is 18.1 Å². The van der Waals surface area contributed by atoms with E-state index < -0.39 is 5.91 Å². The molecule has 0 saturated carbocycles. The second-order valence-electron chi connectivity index (χ2n) is 8.26. The van der Waals surface area contributed by atoms with Crippen molar-refractivity contribution < 1.29 is 19.0 Å². The number of amides is 1. The predicted octanol–water partition coefficient (Wildman–Crippen LogP) is 6.12. The standard InChI is InChI=1S/C30H28ClN3O4/c1-3-7-24-16-22(17-27(36-4-2)30(24)38-19-21-11-13-25(31)14-12-21)18-33-34-28(35)20-37-26-10-5-8-23-9-6-15-32-29(23)26/h3,5-6,8-18H,1,4,7,19-20H2,2H3,(H,34,35)/b33-18+. The van der Waals surface area contributed by atoms with Crippen LogP contribution in [0.3, 0.4) is 0 Å². The van der Waals surface area contributed by atoms with E-state index in [1.807, 2.05) is 67.6 Å². The van der Waals surface area contributed by atoms with Gasteiger partial charge in [0.25, 0.3) is 5.91 Å². The molecular formula is C30H28ClN3O4. The van der Waals surface area contributed by atoms with Gasteiger partial charge in [0, 0.05) is 22.2 Å². The second kappa shape index (κ2) is 13.3. The Hall–Kier alpha value is -4.36. The average molecular weight is 530 g/mol. The molecule has 0 fully saturated rings. The molecule has 1 N–H and O–H groups in total. The third-order valence-corrected chi connectivity index (χ3v) is 5.72. The fourth-order valence-electron chi connectivity index (χ4n) is 3.77. The van der Waals surface area contributed by atoms with Crippen molar-refractivity contribution in [1.82, 2.24) is 10.4 Å². The molecule has 0 aliphatic rings. The van der Waals surface area contributed by atoms with E-state index in [0.29, 0.717) is 47.4 Å². The van der Waals surface area contributed by atoms with E-state index in [4.69, 9.17) is 25.8 Å². The first kappa shape index (κ1) is 26.7. The van der Waals surface area contributed by atoms with Gasteiger partial charge in [-0.25, -0.2) is 5.43 Å². The molecule has 194 valence electrons. The van der Waals surface area contributed by atoms with Crippen LogP contribution in [0.5, 0.6) is 17.2 Å². The summed E-state index contributed by atoms with van der Waals surface area (Å²) in [5.74, 6) is 1.36. The van der Waals surface area contributed by atoms with Crippen LogP contribution >= 0.6 is 11.6 Å². The normalized spacial score (nSPS) is 10.9. The number of nitrogens with zero attached hydrogens (tertiary/aromatic N) is 2. The molecule has 0 bridgehead atoms. The maximum absolute atomic E-state index is 12.3. The number of pyridine rings is 1. The predicted molar refractivity (Wildman–Crippen MR) is 150 cm³/mol. The summed E-state index contributed by atoms with van der Waals surface area (Å²) in [7, 11) is 0. The molecule has 0 atom stereocenters. The fraction of sp³-hybridized carbons (Fsp3) is 0.167. The molecule has 0 radical (unpaired) electrons. The number of benzene rings is 3. The number of ether oxygens (including phenoxy) is 3. The van der Waals surface area contributed by atoms with Crippen LogP contribution in [0.4, 0.5) is 0 Å². The van der Waals surface area contributed by atoms with Crippen molar-refractivity contribution in [3.63, 3.8) is 0 Å². The Labute approximate surface area is 226 Å². The summed E-state index contributed by atoms with van der Waals surface area (Å²) in [4.78, 5) is 16.7. The highest BCUT2D eigenvalue weighted by atomic mass is 35.5. The van der Waals surface area contributed by atoms with Crippen molar-refractivity contribution in [3.05, 3.63) is 107 Å². The molecule has 1 amide bonds. The van der Waals surface area contributed by atoms with Crippen molar-refractivity contribution in [2.45, 2.75) is 20.0 Å². The maximum atomic E-state index is 12.3. The molecule has 1 heterocycles. The number of fused-ring (bicyclic) bond motifs is 1. The molecule has 4 rings (SSSR count). The molecule has 0 spiro atoms. The molecule has 0 saturated heterocycles. The zero-order valence-electron chi connectivity index (χ0n) is 21.0.